The quantitative estimate of drug-likeness (QED) is 0.381. The van der Waals surface area contributed by atoms with Crippen molar-refractivity contribution in [2.45, 2.75) is 24.0 Å². The number of thioether (sulfide) groups is 1. The van der Waals surface area contributed by atoms with Crippen LogP contribution in [0.4, 0.5) is 11.4 Å². The molecule has 0 aliphatic carbocycles. The summed E-state index contributed by atoms with van der Waals surface area (Å²) in [5.74, 6) is 0.392. The minimum atomic E-state index is -0.339. The molecule has 1 atom stereocenters. The lowest BCUT2D eigenvalue weighted by Crippen LogP contribution is -2.22. The van der Waals surface area contributed by atoms with Crippen molar-refractivity contribution >= 4 is 46.6 Å². The Kier molecular flexibility index (Phi) is 8.25. The number of carbonyl (C=O) groups is 2. The highest BCUT2D eigenvalue weighted by atomic mass is 35.5. The molecule has 2 amide bonds. The van der Waals surface area contributed by atoms with E-state index in [9.17, 15) is 9.59 Å². The van der Waals surface area contributed by atoms with Gasteiger partial charge in [0.15, 0.2) is 0 Å². The van der Waals surface area contributed by atoms with Crippen molar-refractivity contribution in [2.75, 3.05) is 24.9 Å². The first-order chi connectivity index (χ1) is 15.8. The molecule has 0 aliphatic heterocycles. The maximum atomic E-state index is 12.8. The molecular formula is C25H25ClN2O4S. The summed E-state index contributed by atoms with van der Waals surface area (Å²) < 4.78 is 10.6. The van der Waals surface area contributed by atoms with E-state index >= 15 is 0 Å². The first-order valence-electron chi connectivity index (χ1n) is 10.2. The third-order valence-corrected chi connectivity index (χ3v) is 6.50. The van der Waals surface area contributed by atoms with Gasteiger partial charge in [-0.05, 0) is 67.9 Å². The molecule has 6 nitrogen and oxygen atoms in total. The van der Waals surface area contributed by atoms with Crippen LogP contribution in [0.3, 0.4) is 0 Å². The number of hydrogen-bond acceptors (Lipinski definition) is 5. The van der Waals surface area contributed by atoms with Crippen molar-refractivity contribution in [2.24, 2.45) is 0 Å². The number of benzene rings is 3. The van der Waals surface area contributed by atoms with E-state index in [4.69, 9.17) is 21.1 Å². The highest BCUT2D eigenvalue weighted by Gasteiger charge is 2.19. The molecule has 33 heavy (non-hydrogen) atoms. The molecule has 0 fully saturated rings. The molecule has 0 radical (unpaired) electrons. The Bertz CT molecular complexity index is 1130. The second-order valence-electron chi connectivity index (χ2n) is 7.18. The molecule has 172 valence electrons. The summed E-state index contributed by atoms with van der Waals surface area (Å²) in [6, 6.07) is 17.9. The third kappa shape index (κ3) is 6.00. The molecule has 3 rings (SSSR count). The summed E-state index contributed by atoms with van der Waals surface area (Å²) in [5.41, 5.74) is 2.47. The van der Waals surface area contributed by atoms with Gasteiger partial charge in [0.1, 0.15) is 17.1 Å². The van der Waals surface area contributed by atoms with E-state index in [2.05, 4.69) is 10.6 Å². The predicted molar refractivity (Wildman–Crippen MR) is 134 cm³/mol. The van der Waals surface area contributed by atoms with Crippen LogP contribution >= 0.6 is 23.4 Å². The highest BCUT2D eigenvalue weighted by molar-refractivity contribution is 8.00. The van der Waals surface area contributed by atoms with Crippen LogP contribution < -0.4 is 20.1 Å². The molecule has 3 aromatic carbocycles. The Morgan fingerprint density at radius 2 is 1.52 bits per heavy atom. The Hall–Kier alpha value is -3.16. The summed E-state index contributed by atoms with van der Waals surface area (Å²) in [7, 11) is 3.01. The number of halogens is 1. The molecule has 8 heteroatoms. The molecule has 2 N–H and O–H groups in total. The molecule has 1 unspecified atom stereocenters. The Morgan fingerprint density at radius 1 is 0.909 bits per heavy atom. The van der Waals surface area contributed by atoms with Crippen molar-refractivity contribution in [1.82, 2.24) is 0 Å². The van der Waals surface area contributed by atoms with Gasteiger partial charge in [-0.3, -0.25) is 9.59 Å². The molecule has 0 bridgehead atoms. The van der Waals surface area contributed by atoms with Crippen LogP contribution in [0.5, 0.6) is 11.5 Å². The predicted octanol–water partition coefficient (Wildman–Crippen LogP) is 6.04. The number of nitrogens with one attached hydrogen (secondary N) is 2. The number of amides is 2. The molecule has 0 saturated carbocycles. The Balaban J connectivity index is 1.64. The van der Waals surface area contributed by atoms with E-state index in [1.807, 2.05) is 32.0 Å². The van der Waals surface area contributed by atoms with E-state index in [1.54, 1.807) is 42.5 Å². The lowest BCUT2D eigenvalue weighted by atomic mass is 10.1. The van der Waals surface area contributed by atoms with E-state index in [-0.39, 0.29) is 17.1 Å². The second-order valence-corrected chi connectivity index (χ2v) is 9.00. The van der Waals surface area contributed by atoms with Gasteiger partial charge in [-0.2, -0.15) is 0 Å². The van der Waals surface area contributed by atoms with Crippen LogP contribution in [-0.4, -0.2) is 31.3 Å². The first kappa shape index (κ1) is 24.5. The van der Waals surface area contributed by atoms with Crippen LogP contribution in [0, 0.1) is 6.92 Å². The summed E-state index contributed by atoms with van der Waals surface area (Å²) in [4.78, 5) is 26.3. The minimum absolute atomic E-state index is 0.119. The topological polar surface area (TPSA) is 76.7 Å². The molecule has 0 aliphatic rings. The second kappa shape index (κ2) is 11.1. The molecule has 0 spiro atoms. The standard InChI is InChI=1S/C25H25ClN2O4S/c1-15-19(26)7-5-8-20(15)28-24(29)16(2)33-18-13-11-17(12-14-18)27-25(30)23-21(31-3)9-6-10-22(23)32-4/h5-14,16H,1-4H3,(H,27,30)(H,28,29). The van der Waals surface area contributed by atoms with Crippen molar-refractivity contribution in [1.29, 1.82) is 0 Å². The van der Waals surface area contributed by atoms with Gasteiger partial charge in [-0.25, -0.2) is 0 Å². The summed E-state index contributed by atoms with van der Waals surface area (Å²) in [6.07, 6.45) is 0. The fraction of sp³-hybridized carbons (Fsp3) is 0.200. The van der Waals surface area contributed by atoms with Crippen molar-refractivity contribution in [3.8, 4) is 11.5 Å². The van der Waals surface area contributed by atoms with Crippen LogP contribution in [0.1, 0.15) is 22.8 Å². The van der Waals surface area contributed by atoms with Gasteiger partial charge in [0, 0.05) is 21.3 Å². The Labute approximate surface area is 202 Å². The van der Waals surface area contributed by atoms with Crippen LogP contribution in [0.2, 0.25) is 5.02 Å². The van der Waals surface area contributed by atoms with Crippen LogP contribution in [0.25, 0.3) is 0 Å². The fourth-order valence-corrected chi connectivity index (χ4v) is 4.16. The largest absolute Gasteiger partial charge is 0.496 e. The average molecular weight is 485 g/mol. The van der Waals surface area contributed by atoms with Gasteiger partial charge in [0.05, 0.1) is 19.5 Å². The van der Waals surface area contributed by atoms with Crippen molar-refractivity contribution in [3.05, 3.63) is 76.8 Å². The third-order valence-electron chi connectivity index (χ3n) is 4.97. The number of carbonyl (C=O) groups excluding carboxylic acids is 2. The van der Waals surface area contributed by atoms with E-state index in [1.165, 1.54) is 26.0 Å². The smallest absolute Gasteiger partial charge is 0.263 e. The number of anilines is 2. The normalized spacial score (nSPS) is 11.4. The van der Waals surface area contributed by atoms with Crippen molar-refractivity contribution in [3.63, 3.8) is 0 Å². The molecule has 0 heterocycles. The minimum Gasteiger partial charge on any atom is -0.496 e. The zero-order chi connectivity index (χ0) is 24.0. The number of methoxy groups -OCH3 is 2. The monoisotopic (exact) mass is 484 g/mol. The molecule has 0 aromatic heterocycles. The van der Waals surface area contributed by atoms with Gasteiger partial charge in [0.25, 0.3) is 5.91 Å². The number of rotatable bonds is 8. The maximum absolute atomic E-state index is 12.8. The molecule has 3 aromatic rings. The fourth-order valence-electron chi connectivity index (χ4n) is 3.12. The van der Waals surface area contributed by atoms with Gasteiger partial charge < -0.3 is 20.1 Å². The summed E-state index contributed by atoms with van der Waals surface area (Å²) in [6.45, 7) is 3.70. The lowest BCUT2D eigenvalue weighted by Gasteiger charge is -2.15. The summed E-state index contributed by atoms with van der Waals surface area (Å²) >= 11 is 7.55. The molecular weight excluding hydrogens is 460 g/mol. The van der Waals surface area contributed by atoms with Crippen LogP contribution in [-0.2, 0) is 4.79 Å². The van der Waals surface area contributed by atoms with Crippen molar-refractivity contribution < 1.29 is 19.1 Å². The van der Waals surface area contributed by atoms with E-state index in [0.29, 0.717) is 33.5 Å². The van der Waals surface area contributed by atoms with Gasteiger partial charge in [0.2, 0.25) is 5.91 Å². The van der Waals surface area contributed by atoms with Gasteiger partial charge in [-0.1, -0.05) is 23.7 Å². The van der Waals surface area contributed by atoms with E-state index < -0.39 is 0 Å². The zero-order valence-corrected chi connectivity index (χ0v) is 20.3. The summed E-state index contributed by atoms with van der Waals surface area (Å²) in [5, 5.41) is 6.05. The number of ether oxygens (including phenoxy) is 2. The highest BCUT2D eigenvalue weighted by Crippen LogP contribution is 2.30. The number of hydrogen-bond donors (Lipinski definition) is 2. The van der Waals surface area contributed by atoms with Gasteiger partial charge >= 0.3 is 0 Å². The SMILES string of the molecule is COc1cccc(OC)c1C(=O)Nc1ccc(SC(C)C(=O)Nc2cccc(Cl)c2C)cc1. The Morgan fingerprint density at radius 3 is 2.12 bits per heavy atom. The van der Waals surface area contributed by atoms with Gasteiger partial charge in [-0.15, -0.1) is 11.8 Å². The zero-order valence-electron chi connectivity index (χ0n) is 18.8. The lowest BCUT2D eigenvalue weighted by molar-refractivity contribution is -0.115. The van der Waals surface area contributed by atoms with E-state index in [0.717, 1.165) is 10.5 Å². The first-order valence-corrected chi connectivity index (χ1v) is 11.4. The van der Waals surface area contributed by atoms with Crippen LogP contribution in [0.15, 0.2) is 65.6 Å². The molecule has 0 saturated heterocycles. The maximum Gasteiger partial charge on any atom is 0.263 e. The average Bonchev–Trinajstić information content (AvgIpc) is 2.82.